The Morgan fingerprint density at radius 3 is 2.56 bits per heavy atom. The number of aromatic nitrogens is 3. The molecule has 1 aliphatic heterocycles. The minimum Gasteiger partial charge on any atom is -0.508 e. The van der Waals surface area contributed by atoms with Gasteiger partial charge in [-0.05, 0) is 99.5 Å². The first kappa shape index (κ1) is 30.0. The van der Waals surface area contributed by atoms with Gasteiger partial charge in [0.25, 0.3) is 0 Å². The highest BCUT2D eigenvalue weighted by Crippen LogP contribution is 2.74. The molecule has 0 bridgehead atoms. The molecule has 1 unspecified atom stereocenters. The fraction of sp³-hybridized carbons (Fsp3) is 0.514. The van der Waals surface area contributed by atoms with Crippen LogP contribution in [0.3, 0.4) is 0 Å². The summed E-state index contributed by atoms with van der Waals surface area (Å²) < 4.78 is 38.2. The van der Waals surface area contributed by atoms with Gasteiger partial charge in [0.1, 0.15) is 28.6 Å². The summed E-state index contributed by atoms with van der Waals surface area (Å²) in [6, 6.07) is 5.99. The normalized spacial score (nSPS) is 24.0. The number of aromatic hydroxyl groups is 1. The molecular formula is C35H41F2N5O3. The zero-order valence-electron chi connectivity index (χ0n) is 26.5. The van der Waals surface area contributed by atoms with Crippen LogP contribution in [0.25, 0.3) is 32.9 Å². The number of ether oxygens (including phenoxy) is 1. The Kier molecular flexibility index (Phi) is 7.16. The van der Waals surface area contributed by atoms with Gasteiger partial charge in [0, 0.05) is 36.8 Å². The van der Waals surface area contributed by atoms with Crippen LogP contribution in [0.5, 0.6) is 11.8 Å². The van der Waals surface area contributed by atoms with Crippen LogP contribution in [-0.2, 0) is 6.42 Å². The Bertz CT molecular complexity index is 1810. The number of hydrogen-bond acceptors (Lipinski definition) is 8. The molecule has 0 amide bonds. The van der Waals surface area contributed by atoms with Gasteiger partial charge < -0.3 is 24.7 Å². The molecule has 2 aliphatic carbocycles. The van der Waals surface area contributed by atoms with Crippen molar-refractivity contribution in [1.82, 2.24) is 19.9 Å². The van der Waals surface area contributed by atoms with Gasteiger partial charge in [-0.15, -0.1) is 0 Å². The SMILES string of the molecule is CCc1c(F)ccc2cc(O)cc(-c3ncc4c(N5CCC[C@@](C)(O)C5)nc(OCC5(CN(C)C)CC56CCC6)nc4c3F)c12. The minimum absolute atomic E-state index is 0.00504. The second kappa shape index (κ2) is 10.7. The summed E-state index contributed by atoms with van der Waals surface area (Å²) in [5, 5.41) is 23.0. The topological polar surface area (TPSA) is 94.8 Å². The molecule has 3 aliphatic rings. The van der Waals surface area contributed by atoms with E-state index in [1.807, 2.05) is 11.8 Å². The van der Waals surface area contributed by atoms with E-state index < -0.39 is 17.2 Å². The van der Waals surface area contributed by atoms with Crippen LogP contribution >= 0.6 is 0 Å². The van der Waals surface area contributed by atoms with E-state index in [1.54, 1.807) is 19.1 Å². The van der Waals surface area contributed by atoms with E-state index in [2.05, 4.69) is 29.0 Å². The lowest BCUT2D eigenvalue weighted by molar-refractivity contribution is 0.0447. The second-order valence-corrected chi connectivity index (χ2v) is 14.1. The Hall–Kier alpha value is -3.63. The lowest BCUT2D eigenvalue weighted by Crippen LogP contribution is -2.46. The van der Waals surface area contributed by atoms with Crippen molar-refractivity contribution in [2.75, 3.05) is 45.2 Å². The Balaban J connectivity index is 1.37. The van der Waals surface area contributed by atoms with Crippen LogP contribution in [0, 0.1) is 22.5 Å². The van der Waals surface area contributed by atoms with Gasteiger partial charge in [0.15, 0.2) is 5.82 Å². The van der Waals surface area contributed by atoms with E-state index in [0.29, 0.717) is 71.1 Å². The molecule has 2 N–H and O–H groups in total. The number of aryl methyl sites for hydroxylation is 1. The van der Waals surface area contributed by atoms with Crippen molar-refractivity contribution >= 4 is 27.5 Å². The number of rotatable bonds is 8. The highest BCUT2D eigenvalue weighted by Gasteiger charge is 2.69. The average molecular weight is 618 g/mol. The summed E-state index contributed by atoms with van der Waals surface area (Å²) in [7, 11) is 4.15. The zero-order chi connectivity index (χ0) is 31.7. The van der Waals surface area contributed by atoms with E-state index in [1.165, 1.54) is 37.6 Å². The quantitative estimate of drug-likeness (QED) is 0.240. The van der Waals surface area contributed by atoms with E-state index >= 15 is 4.39 Å². The molecule has 3 heterocycles. The van der Waals surface area contributed by atoms with Crippen LogP contribution in [-0.4, -0.2) is 76.0 Å². The van der Waals surface area contributed by atoms with Gasteiger partial charge in [-0.25, -0.2) is 8.78 Å². The number of benzene rings is 2. The smallest absolute Gasteiger partial charge is 0.319 e. The average Bonchev–Trinajstić information content (AvgIpc) is 3.64. The first-order valence-electron chi connectivity index (χ1n) is 16.0. The number of piperidine rings is 1. The van der Waals surface area contributed by atoms with Gasteiger partial charge in [-0.2, -0.15) is 9.97 Å². The molecule has 1 saturated heterocycles. The number of phenols is 1. The first-order valence-corrected chi connectivity index (χ1v) is 16.0. The molecule has 7 rings (SSSR count). The molecule has 2 aromatic heterocycles. The number of nitrogens with zero attached hydrogens (tertiary/aromatic N) is 5. The maximum absolute atomic E-state index is 16.8. The van der Waals surface area contributed by atoms with Crippen molar-refractivity contribution in [3.63, 3.8) is 0 Å². The number of hydrogen-bond donors (Lipinski definition) is 2. The molecular weight excluding hydrogens is 576 g/mol. The summed E-state index contributed by atoms with van der Waals surface area (Å²) in [6.45, 7) is 5.92. The van der Waals surface area contributed by atoms with Crippen LogP contribution in [0.15, 0.2) is 30.5 Å². The molecule has 1 spiro atoms. The highest BCUT2D eigenvalue weighted by atomic mass is 19.1. The maximum atomic E-state index is 16.8. The summed E-state index contributed by atoms with van der Waals surface area (Å²) in [4.78, 5) is 18.1. The number of fused-ring (bicyclic) bond motifs is 2. The highest BCUT2D eigenvalue weighted by molar-refractivity contribution is 6.01. The lowest BCUT2D eigenvalue weighted by atomic mass is 9.75. The van der Waals surface area contributed by atoms with Crippen LogP contribution in [0.2, 0.25) is 0 Å². The molecule has 4 aromatic rings. The molecule has 238 valence electrons. The summed E-state index contributed by atoms with van der Waals surface area (Å²) in [5.74, 6) is -0.708. The molecule has 45 heavy (non-hydrogen) atoms. The standard InChI is InChI=1S/C35H41F2N5O3/c1-5-23-26(36)9-8-21-14-22(43)15-24(27(21)23)29-28(37)30-25(16-38-29)31(42-13-7-10-33(2,44)18-42)40-32(39-30)45-20-35(19-41(3)4)17-34(35)11-6-12-34/h8-9,14-16,43-44H,5-7,10-13,17-20H2,1-4H3/t33-,35?/m1/s1. The van der Waals surface area contributed by atoms with Gasteiger partial charge in [-0.3, -0.25) is 4.98 Å². The largest absolute Gasteiger partial charge is 0.508 e. The molecule has 0 radical (unpaired) electrons. The van der Waals surface area contributed by atoms with Crippen LogP contribution in [0.1, 0.15) is 57.9 Å². The summed E-state index contributed by atoms with van der Waals surface area (Å²) in [5.41, 5.74) is 0.0886. The Labute approximate surface area is 262 Å². The predicted molar refractivity (Wildman–Crippen MR) is 171 cm³/mol. The Morgan fingerprint density at radius 2 is 1.89 bits per heavy atom. The van der Waals surface area contributed by atoms with Gasteiger partial charge in [-0.1, -0.05) is 19.4 Å². The fourth-order valence-corrected chi connectivity index (χ4v) is 8.14. The lowest BCUT2D eigenvalue weighted by Gasteiger charge is -2.38. The predicted octanol–water partition coefficient (Wildman–Crippen LogP) is 6.24. The minimum atomic E-state index is -0.927. The third kappa shape index (κ3) is 5.06. The molecule has 10 heteroatoms. The van der Waals surface area contributed by atoms with Crippen LogP contribution < -0.4 is 9.64 Å². The number of aliphatic hydroxyl groups is 1. The number of halogens is 2. The number of phenolic OH excluding ortho intramolecular Hbond substituents is 1. The van der Waals surface area contributed by atoms with Crippen molar-refractivity contribution in [2.24, 2.45) is 10.8 Å². The van der Waals surface area contributed by atoms with Crippen molar-refractivity contribution < 1.29 is 23.7 Å². The van der Waals surface area contributed by atoms with Gasteiger partial charge in [0.05, 0.1) is 17.6 Å². The third-order valence-corrected chi connectivity index (χ3v) is 10.5. The zero-order valence-corrected chi connectivity index (χ0v) is 26.5. The Morgan fingerprint density at radius 1 is 1.09 bits per heavy atom. The molecule has 2 saturated carbocycles. The maximum Gasteiger partial charge on any atom is 0.319 e. The molecule has 2 aromatic carbocycles. The molecule has 8 nitrogen and oxygen atoms in total. The van der Waals surface area contributed by atoms with Crippen molar-refractivity contribution in [2.45, 2.75) is 64.4 Å². The van der Waals surface area contributed by atoms with Crippen molar-refractivity contribution in [3.8, 4) is 23.0 Å². The number of anilines is 1. The summed E-state index contributed by atoms with van der Waals surface area (Å²) in [6.07, 6.45) is 8.03. The van der Waals surface area contributed by atoms with Crippen molar-refractivity contribution in [3.05, 3.63) is 47.7 Å². The van der Waals surface area contributed by atoms with E-state index in [4.69, 9.17) is 9.72 Å². The molecule has 2 atom stereocenters. The van der Waals surface area contributed by atoms with Gasteiger partial charge in [0.2, 0.25) is 0 Å². The number of β-amino-alcohol motifs (C(OH)–C–C–N with tert-alkyl or cyclic N) is 1. The third-order valence-electron chi connectivity index (χ3n) is 10.5. The first-order chi connectivity index (χ1) is 21.4. The van der Waals surface area contributed by atoms with Crippen molar-refractivity contribution in [1.29, 1.82) is 0 Å². The fourth-order valence-electron chi connectivity index (χ4n) is 8.14. The van der Waals surface area contributed by atoms with Crippen LogP contribution in [0.4, 0.5) is 14.6 Å². The number of pyridine rings is 1. The second-order valence-electron chi connectivity index (χ2n) is 14.1. The summed E-state index contributed by atoms with van der Waals surface area (Å²) >= 11 is 0. The van der Waals surface area contributed by atoms with Gasteiger partial charge >= 0.3 is 6.01 Å². The van der Waals surface area contributed by atoms with E-state index in [-0.39, 0.29) is 28.4 Å². The molecule has 3 fully saturated rings. The van der Waals surface area contributed by atoms with E-state index in [0.717, 1.165) is 19.4 Å². The van der Waals surface area contributed by atoms with E-state index in [9.17, 15) is 14.6 Å². The monoisotopic (exact) mass is 617 g/mol.